The van der Waals surface area contributed by atoms with Crippen LogP contribution in [-0.2, 0) is 6.42 Å². The Morgan fingerprint density at radius 1 is 1.25 bits per heavy atom. The van der Waals surface area contributed by atoms with Gasteiger partial charge in [-0.05, 0) is 36.5 Å². The summed E-state index contributed by atoms with van der Waals surface area (Å²) in [6.07, 6.45) is 8.74. The Balaban J connectivity index is 2.46. The lowest BCUT2D eigenvalue weighted by Gasteiger charge is -2.21. The Labute approximate surface area is 98.7 Å². The molecular weight excluding hydrogens is 198 g/mol. The highest BCUT2D eigenvalue weighted by Gasteiger charge is 2.16. The van der Waals surface area contributed by atoms with Gasteiger partial charge in [-0.15, -0.1) is 0 Å². The highest BCUT2D eigenvalue weighted by molar-refractivity contribution is 5.10. The Bertz CT molecular complexity index is 273. The van der Waals surface area contributed by atoms with Crippen molar-refractivity contribution in [3.8, 4) is 0 Å². The van der Waals surface area contributed by atoms with E-state index in [9.17, 15) is 5.11 Å². The van der Waals surface area contributed by atoms with E-state index in [4.69, 9.17) is 0 Å². The number of unbranched alkanes of at least 4 members (excludes halogenated alkanes) is 1. The van der Waals surface area contributed by atoms with Crippen LogP contribution in [0.4, 0.5) is 0 Å². The van der Waals surface area contributed by atoms with Crippen molar-refractivity contribution in [3.05, 3.63) is 30.1 Å². The molecule has 16 heavy (non-hydrogen) atoms. The van der Waals surface area contributed by atoms with Crippen LogP contribution in [0.15, 0.2) is 24.5 Å². The lowest BCUT2D eigenvalue weighted by atomic mass is 9.90. The summed E-state index contributed by atoms with van der Waals surface area (Å²) in [5.74, 6) is 0.438. The second-order valence-electron chi connectivity index (χ2n) is 4.44. The van der Waals surface area contributed by atoms with Gasteiger partial charge < -0.3 is 5.11 Å². The normalized spacial score (nSPS) is 14.7. The lowest BCUT2D eigenvalue weighted by molar-refractivity contribution is 0.0987. The molecule has 0 radical (unpaired) electrons. The van der Waals surface area contributed by atoms with Crippen molar-refractivity contribution >= 4 is 0 Å². The van der Waals surface area contributed by atoms with E-state index >= 15 is 0 Å². The first-order valence-corrected chi connectivity index (χ1v) is 6.34. The average Bonchev–Trinajstić information content (AvgIpc) is 2.31. The quantitative estimate of drug-likeness (QED) is 0.767. The minimum atomic E-state index is -0.209. The van der Waals surface area contributed by atoms with Crippen LogP contribution in [0.5, 0.6) is 0 Å². The molecule has 0 saturated carbocycles. The third-order valence-corrected chi connectivity index (χ3v) is 3.19. The standard InChI is InChI=1S/C14H23NO/c1-3-5-6-13(4-2)14(16)11-12-7-9-15-10-8-12/h7-10,13-14,16H,3-6,11H2,1-2H3. The van der Waals surface area contributed by atoms with Gasteiger partial charge in [0.25, 0.3) is 0 Å². The second-order valence-corrected chi connectivity index (χ2v) is 4.44. The maximum atomic E-state index is 10.2. The highest BCUT2D eigenvalue weighted by atomic mass is 16.3. The third kappa shape index (κ3) is 4.31. The molecule has 2 nitrogen and oxygen atoms in total. The summed E-state index contributed by atoms with van der Waals surface area (Å²) in [6.45, 7) is 4.36. The van der Waals surface area contributed by atoms with E-state index in [1.54, 1.807) is 12.4 Å². The first-order valence-electron chi connectivity index (χ1n) is 6.34. The number of hydrogen-bond donors (Lipinski definition) is 1. The van der Waals surface area contributed by atoms with Gasteiger partial charge in [-0.3, -0.25) is 4.98 Å². The van der Waals surface area contributed by atoms with E-state index in [1.165, 1.54) is 18.4 Å². The van der Waals surface area contributed by atoms with Crippen LogP contribution in [0, 0.1) is 5.92 Å². The smallest absolute Gasteiger partial charge is 0.0608 e. The summed E-state index contributed by atoms with van der Waals surface area (Å²) in [5.41, 5.74) is 1.18. The molecule has 0 aromatic carbocycles. The molecule has 1 rings (SSSR count). The van der Waals surface area contributed by atoms with E-state index in [0.717, 1.165) is 19.3 Å². The second kappa shape index (κ2) is 7.39. The Morgan fingerprint density at radius 3 is 2.50 bits per heavy atom. The molecule has 1 aromatic heterocycles. The van der Waals surface area contributed by atoms with Crippen LogP contribution >= 0.6 is 0 Å². The zero-order valence-electron chi connectivity index (χ0n) is 10.4. The fourth-order valence-electron chi connectivity index (χ4n) is 2.06. The van der Waals surface area contributed by atoms with E-state index in [1.807, 2.05) is 12.1 Å². The fraction of sp³-hybridized carbons (Fsp3) is 0.643. The van der Waals surface area contributed by atoms with Crippen molar-refractivity contribution in [1.29, 1.82) is 0 Å². The highest BCUT2D eigenvalue weighted by Crippen LogP contribution is 2.19. The van der Waals surface area contributed by atoms with Gasteiger partial charge in [0.15, 0.2) is 0 Å². The first kappa shape index (κ1) is 13.2. The number of pyridine rings is 1. The summed E-state index contributed by atoms with van der Waals surface area (Å²) in [6, 6.07) is 3.96. The third-order valence-electron chi connectivity index (χ3n) is 3.19. The Morgan fingerprint density at radius 2 is 1.94 bits per heavy atom. The zero-order valence-corrected chi connectivity index (χ0v) is 10.4. The van der Waals surface area contributed by atoms with Crippen LogP contribution in [-0.4, -0.2) is 16.2 Å². The molecule has 0 amide bonds. The topological polar surface area (TPSA) is 33.1 Å². The van der Waals surface area contributed by atoms with Gasteiger partial charge in [0.1, 0.15) is 0 Å². The summed E-state index contributed by atoms with van der Waals surface area (Å²) in [4.78, 5) is 3.99. The number of hydrogen-bond acceptors (Lipinski definition) is 2. The number of nitrogens with zero attached hydrogens (tertiary/aromatic N) is 1. The van der Waals surface area contributed by atoms with Gasteiger partial charge in [0.05, 0.1) is 6.10 Å². The number of aliphatic hydroxyl groups is 1. The minimum absolute atomic E-state index is 0.209. The summed E-state index contributed by atoms with van der Waals surface area (Å²) >= 11 is 0. The van der Waals surface area contributed by atoms with Crippen molar-refractivity contribution in [2.24, 2.45) is 5.92 Å². The first-order chi connectivity index (χ1) is 7.77. The van der Waals surface area contributed by atoms with Gasteiger partial charge in [0.2, 0.25) is 0 Å². The van der Waals surface area contributed by atoms with Crippen molar-refractivity contribution < 1.29 is 5.11 Å². The molecule has 0 fully saturated rings. The fourth-order valence-corrected chi connectivity index (χ4v) is 2.06. The van der Waals surface area contributed by atoms with Crippen LogP contribution in [0.1, 0.15) is 45.1 Å². The molecule has 90 valence electrons. The van der Waals surface area contributed by atoms with Crippen molar-refractivity contribution in [1.82, 2.24) is 4.98 Å². The minimum Gasteiger partial charge on any atom is -0.392 e. The lowest BCUT2D eigenvalue weighted by Crippen LogP contribution is -2.22. The molecule has 0 aliphatic carbocycles. The molecule has 0 spiro atoms. The molecule has 2 heteroatoms. The SMILES string of the molecule is CCCCC(CC)C(O)Cc1ccncc1. The van der Waals surface area contributed by atoms with Gasteiger partial charge in [-0.2, -0.15) is 0 Å². The van der Waals surface area contributed by atoms with E-state index in [2.05, 4.69) is 18.8 Å². The van der Waals surface area contributed by atoms with Gasteiger partial charge in [0, 0.05) is 12.4 Å². The maximum absolute atomic E-state index is 10.2. The maximum Gasteiger partial charge on any atom is 0.0608 e. The molecular formula is C14H23NO. The largest absolute Gasteiger partial charge is 0.392 e. The number of aromatic nitrogens is 1. The average molecular weight is 221 g/mol. The molecule has 2 atom stereocenters. The van der Waals surface area contributed by atoms with Crippen molar-refractivity contribution in [2.75, 3.05) is 0 Å². The van der Waals surface area contributed by atoms with Crippen LogP contribution in [0.2, 0.25) is 0 Å². The van der Waals surface area contributed by atoms with Gasteiger partial charge in [-0.1, -0.05) is 33.1 Å². The molecule has 2 unspecified atom stereocenters. The molecule has 0 bridgehead atoms. The molecule has 1 heterocycles. The predicted molar refractivity (Wildman–Crippen MR) is 67.3 cm³/mol. The zero-order chi connectivity index (χ0) is 11.8. The molecule has 1 aromatic rings. The number of aliphatic hydroxyl groups excluding tert-OH is 1. The van der Waals surface area contributed by atoms with Gasteiger partial charge >= 0.3 is 0 Å². The molecule has 1 N–H and O–H groups in total. The summed E-state index contributed by atoms with van der Waals surface area (Å²) in [7, 11) is 0. The van der Waals surface area contributed by atoms with Crippen LogP contribution in [0.3, 0.4) is 0 Å². The Hall–Kier alpha value is -0.890. The summed E-state index contributed by atoms with van der Waals surface area (Å²) in [5, 5.41) is 10.2. The molecule has 0 saturated heterocycles. The van der Waals surface area contributed by atoms with Crippen LogP contribution in [0.25, 0.3) is 0 Å². The molecule has 0 aliphatic heterocycles. The Kier molecular flexibility index (Phi) is 6.09. The van der Waals surface area contributed by atoms with Crippen molar-refractivity contribution in [2.45, 2.75) is 52.1 Å². The van der Waals surface area contributed by atoms with Gasteiger partial charge in [-0.25, -0.2) is 0 Å². The predicted octanol–water partition coefficient (Wildman–Crippen LogP) is 3.20. The monoisotopic (exact) mass is 221 g/mol. The van der Waals surface area contributed by atoms with E-state index in [-0.39, 0.29) is 6.10 Å². The molecule has 0 aliphatic rings. The number of rotatable bonds is 7. The summed E-state index contributed by atoms with van der Waals surface area (Å²) < 4.78 is 0. The van der Waals surface area contributed by atoms with Crippen LogP contribution < -0.4 is 0 Å². The van der Waals surface area contributed by atoms with Crippen molar-refractivity contribution in [3.63, 3.8) is 0 Å². The van der Waals surface area contributed by atoms with E-state index < -0.39 is 0 Å². The van der Waals surface area contributed by atoms with E-state index in [0.29, 0.717) is 5.92 Å².